The van der Waals surface area contributed by atoms with Crippen LogP contribution in [0.3, 0.4) is 0 Å². The summed E-state index contributed by atoms with van der Waals surface area (Å²) in [7, 11) is 0. The summed E-state index contributed by atoms with van der Waals surface area (Å²) in [5.74, 6) is 0.880. The van der Waals surface area contributed by atoms with E-state index >= 15 is 0 Å². The van der Waals surface area contributed by atoms with Crippen molar-refractivity contribution in [2.75, 3.05) is 26.3 Å². The van der Waals surface area contributed by atoms with Gasteiger partial charge in [-0.25, -0.2) is 0 Å². The predicted molar refractivity (Wildman–Crippen MR) is 66.4 cm³/mol. The molecule has 3 nitrogen and oxygen atoms in total. The fourth-order valence-corrected chi connectivity index (χ4v) is 2.47. The first-order chi connectivity index (χ1) is 7.79. The molecule has 0 aromatic rings. The molecule has 94 valence electrons. The standard InChI is InChI=1S/C13H26N2O/c14-13(5-1-2-6-13)7-8-15-9-10-16-11-12-3-4-12/h12,15H,1-11,14H2. The Kier molecular flexibility index (Phi) is 4.62. The first kappa shape index (κ1) is 12.3. The van der Waals surface area contributed by atoms with E-state index in [4.69, 9.17) is 10.5 Å². The molecule has 2 rings (SSSR count). The van der Waals surface area contributed by atoms with Crippen LogP contribution in [0.2, 0.25) is 0 Å². The number of rotatable bonds is 8. The first-order valence-electron chi connectivity index (χ1n) is 6.86. The molecule has 2 aliphatic rings. The van der Waals surface area contributed by atoms with Gasteiger partial charge in [-0.3, -0.25) is 0 Å². The van der Waals surface area contributed by atoms with E-state index in [1.165, 1.54) is 38.5 Å². The Morgan fingerprint density at radius 3 is 2.62 bits per heavy atom. The van der Waals surface area contributed by atoms with Gasteiger partial charge in [0.25, 0.3) is 0 Å². The molecular formula is C13H26N2O. The van der Waals surface area contributed by atoms with Crippen molar-refractivity contribution < 1.29 is 4.74 Å². The summed E-state index contributed by atoms with van der Waals surface area (Å²) in [4.78, 5) is 0. The minimum absolute atomic E-state index is 0.141. The van der Waals surface area contributed by atoms with Crippen LogP contribution in [0.25, 0.3) is 0 Å². The van der Waals surface area contributed by atoms with Gasteiger partial charge in [-0.1, -0.05) is 12.8 Å². The van der Waals surface area contributed by atoms with Gasteiger partial charge in [0.1, 0.15) is 0 Å². The van der Waals surface area contributed by atoms with Crippen LogP contribution in [0, 0.1) is 5.92 Å². The predicted octanol–water partition coefficient (Wildman–Crippen LogP) is 1.66. The van der Waals surface area contributed by atoms with Crippen LogP contribution in [0.15, 0.2) is 0 Å². The molecule has 0 radical (unpaired) electrons. The Morgan fingerprint density at radius 2 is 1.94 bits per heavy atom. The smallest absolute Gasteiger partial charge is 0.0591 e. The lowest BCUT2D eigenvalue weighted by Gasteiger charge is -2.23. The minimum atomic E-state index is 0.141. The molecular weight excluding hydrogens is 200 g/mol. The highest BCUT2D eigenvalue weighted by Gasteiger charge is 2.28. The van der Waals surface area contributed by atoms with E-state index in [1.807, 2.05) is 0 Å². The Morgan fingerprint density at radius 1 is 1.19 bits per heavy atom. The lowest BCUT2D eigenvalue weighted by molar-refractivity contribution is 0.126. The molecule has 0 unspecified atom stereocenters. The summed E-state index contributed by atoms with van der Waals surface area (Å²) in [6.07, 6.45) is 8.95. The van der Waals surface area contributed by atoms with Crippen LogP contribution in [-0.2, 0) is 4.74 Å². The third-order valence-corrected chi connectivity index (χ3v) is 3.87. The summed E-state index contributed by atoms with van der Waals surface area (Å²) in [5, 5.41) is 3.43. The van der Waals surface area contributed by atoms with E-state index in [-0.39, 0.29) is 5.54 Å². The van der Waals surface area contributed by atoms with Crippen LogP contribution in [0.4, 0.5) is 0 Å². The molecule has 0 atom stereocenters. The maximum atomic E-state index is 6.28. The number of hydrogen-bond donors (Lipinski definition) is 2. The molecule has 0 aliphatic heterocycles. The normalized spacial score (nSPS) is 23.8. The molecule has 0 amide bonds. The molecule has 2 fully saturated rings. The molecule has 0 heterocycles. The number of ether oxygens (including phenoxy) is 1. The average Bonchev–Trinajstić information content (AvgIpc) is 2.99. The largest absolute Gasteiger partial charge is 0.380 e. The van der Waals surface area contributed by atoms with E-state index in [9.17, 15) is 0 Å². The SMILES string of the molecule is NC1(CCNCCOCC2CC2)CCCC1. The topological polar surface area (TPSA) is 47.3 Å². The van der Waals surface area contributed by atoms with Gasteiger partial charge in [-0.15, -0.1) is 0 Å². The summed E-state index contributed by atoms with van der Waals surface area (Å²) in [6, 6.07) is 0. The number of nitrogens with one attached hydrogen (secondary N) is 1. The summed E-state index contributed by atoms with van der Waals surface area (Å²) < 4.78 is 5.56. The highest BCUT2D eigenvalue weighted by Crippen LogP contribution is 2.29. The first-order valence-corrected chi connectivity index (χ1v) is 6.86. The summed E-state index contributed by atoms with van der Waals surface area (Å²) in [6.45, 7) is 3.85. The quantitative estimate of drug-likeness (QED) is 0.619. The second-order valence-electron chi connectivity index (χ2n) is 5.59. The summed E-state index contributed by atoms with van der Waals surface area (Å²) >= 11 is 0. The molecule has 0 spiro atoms. The van der Waals surface area contributed by atoms with Gasteiger partial charge < -0.3 is 15.8 Å². The van der Waals surface area contributed by atoms with Crippen LogP contribution < -0.4 is 11.1 Å². The summed E-state index contributed by atoms with van der Waals surface area (Å²) in [5.41, 5.74) is 6.42. The highest BCUT2D eigenvalue weighted by molar-refractivity contribution is 4.89. The van der Waals surface area contributed by atoms with Crippen molar-refractivity contribution >= 4 is 0 Å². The van der Waals surface area contributed by atoms with Crippen molar-refractivity contribution in [2.24, 2.45) is 11.7 Å². The Labute approximate surface area is 99.1 Å². The Hall–Kier alpha value is -0.120. The zero-order valence-corrected chi connectivity index (χ0v) is 10.3. The van der Waals surface area contributed by atoms with Crippen molar-refractivity contribution in [1.29, 1.82) is 0 Å². The molecule has 0 saturated heterocycles. The highest BCUT2D eigenvalue weighted by atomic mass is 16.5. The van der Waals surface area contributed by atoms with Crippen molar-refractivity contribution in [2.45, 2.75) is 50.5 Å². The van der Waals surface area contributed by atoms with Crippen LogP contribution >= 0.6 is 0 Å². The molecule has 0 bridgehead atoms. The number of hydrogen-bond acceptors (Lipinski definition) is 3. The van der Waals surface area contributed by atoms with E-state index in [1.54, 1.807) is 0 Å². The molecule has 0 aromatic heterocycles. The third kappa shape index (κ3) is 4.40. The van der Waals surface area contributed by atoms with Crippen LogP contribution in [0.5, 0.6) is 0 Å². The van der Waals surface area contributed by atoms with E-state index in [2.05, 4.69) is 5.32 Å². The second-order valence-corrected chi connectivity index (χ2v) is 5.59. The van der Waals surface area contributed by atoms with E-state index in [0.717, 1.165) is 38.6 Å². The van der Waals surface area contributed by atoms with E-state index < -0.39 is 0 Å². The van der Waals surface area contributed by atoms with E-state index in [0.29, 0.717) is 0 Å². The Balaban J connectivity index is 1.39. The maximum absolute atomic E-state index is 6.28. The third-order valence-electron chi connectivity index (χ3n) is 3.87. The van der Waals surface area contributed by atoms with Crippen LogP contribution in [0.1, 0.15) is 44.9 Å². The average molecular weight is 226 g/mol. The van der Waals surface area contributed by atoms with Crippen molar-refractivity contribution in [3.8, 4) is 0 Å². The molecule has 3 heteroatoms. The zero-order valence-electron chi connectivity index (χ0n) is 10.3. The van der Waals surface area contributed by atoms with Gasteiger partial charge in [-0.05, 0) is 44.6 Å². The molecule has 2 saturated carbocycles. The van der Waals surface area contributed by atoms with Crippen molar-refractivity contribution in [1.82, 2.24) is 5.32 Å². The van der Waals surface area contributed by atoms with Gasteiger partial charge in [0.2, 0.25) is 0 Å². The molecule has 2 aliphatic carbocycles. The lowest BCUT2D eigenvalue weighted by atomic mass is 9.95. The number of nitrogens with two attached hydrogens (primary N) is 1. The van der Waals surface area contributed by atoms with Crippen molar-refractivity contribution in [3.05, 3.63) is 0 Å². The second kappa shape index (κ2) is 5.99. The van der Waals surface area contributed by atoms with Crippen LogP contribution in [-0.4, -0.2) is 31.8 Å². The fourth-order valence-electron chi connectivity index (χ4n) is 2.47. The lowest BCUT2D eigenvalue weighted by Crippen LogP contribution is -2.39. The van der Waals surface area contributed by atoms with Crippen molar-refractivity contribution in [3.63, 3.8) is 0 Å². The van der Waals surface area contributed by atoms with Gasteiger partial charge in [-0.2, -0.15) is 0 Å². The van der Waals surface area contributed by atoms with Gasteiger partial charge in [0, 0.05) is 18.7 Å². The molecule has 16 heavy (non-hydrogen) atoms. The monoisotopic (exact) mass is 226 g/mol. The maximum Gasteiger partial charge on any atom is 0.0591 e. The van der Waals surface area contributed by atoms with Gasteiger partial charge >= 0.3 is 0 Å². The fraction of sp³-hybridized carbons (Fsp3) is 1.00. The Bertz CT molecular complexity index is 198. The zero-order chi connectivity index (χ0) is 11.3. The minimum Gasteiger partial charge on any atom is -0.380 e. The molecule has 3 N–H and O–H groups in total. The van der Waals surface area contributed by atoms with Gasteiger partial charge in [0.15, 0.2) is 0 Å². The van der Waals surface area contributed by atoms with Gasteiger partial charge in [0.05, 0.1) is 6.61 Å². The molecule has 0 aromatic carbocycles.